The van der Waals surface area contributed by atoms with Gasteiger partial charge in [-0.3, -0.25) is 4.98 Å². The van der Waals surface area contributed by atoms with E-state index >= 15 is 0 Å². The largest absolute Gasteiger partial charge is 0.375 e. The third-order valence-electron chi connectivity index (χ3n) is 9.03. The van der Waals surface area contributed by atoms with Crippen LogP contribution < -0.4 is 5.32 Å². The summed E-state index contributed by atoms with van der Waals surface area (Å²) < 4.78 is 12.8. The van der Waals surface area contributed by atoms with Gasteiger partial charge >= 0.3 is 0 Å². The molecule has 3 aliphatic carbocycles. The number of fused-ring (bicyclic) bond motifs is 1. The van der Waals surface area contributed by atoms with Gasteiger partial charge in [0.2, 0.25) is 0 Å². The molecule has 182 valence electrons. The van der Waals surface area contributed by atoms with E-state index in [1.807, 2.05) is 12.3 Å². The molecule has 1 saturated heterocycles. The van der Waals surface area contributed by atoms with Crippen LogP contribution >= 0.6 is 0 Å². The Bertz CT molecular complexity index is 953. The fourth-order valence-corrected chi connectivity index (χ4v) is 6.95. The van der Waals surface area contributed by atoms with Crippen LogP contribution in [0, 0.1) is 5.92 Å². The monoisotopic (exact) mass is 460 g/mol. The van der Waals surface area contributed by atoms with Crippen molar-refractivity contribution in [2.24, 2.45) is 5.92 Å². The average Bonchev–Trinajstić information content (AvgIpc) is 3.62. The summed E-state index contributed by atoms with van der Waals surface area (Å²) in [6, 6.07) is 15.8. The van der Waals surface area contributed by atoms with E-state index in [1.54, 1.807) is 0 Å². The van der Waals surface area contributed by atoms with Gasteiger partial charge in [-0.15, -0.1) is 0 Å². The number of hydrogen-bond donors (Lipinski definition) is 1. The zero-order chi connectivity index (χ0) is 22.8. The minimum atomic E-state index is 0.0827. The summed E-state index contributed by atoms with van der Waals surface area (Å²) in [7, 11) is 0. The molecule has 0 bridgehead atoms. The molecule has 1 aliphatic heterocycles. The van der Waals surface area contributed by atoms with Gasteiger partial charge in [-0.2, -0.15) is 0 Å². The van der Waals surface area contributed by atoms with Gasteiger partial charge in [0.05, 0.1) is 18.3 Å². The first kappa shape index (κ1) is 22.7. The molecule has 1 N–H and O–H groups in total. The van der Waals surface area contributed by atoms with Crippen molar-refractivity contribution >= 4 is 0 Å². The Morgan fingerprint density at radius 3 is 2.56 bits per heavy atom. The number of rotatable bonds is 8. The summed E-state index contributed by atoms with van der Waals surface area (Å²) >= 11 is 0. The second-order valence-corrected chi connectivity index (χ2v) is 11.4. The lowest BCUT2D eigenvalue weighted by molar-refractivity contribution is -0.104. The second kappa shape index (κ2) is 9.72. The lowest BCUT2D eigenvalue weighted by Gasteiger charge is -2.46. The Kier molecular flexibility index (Phi) is 6.49. The van der Waals surface area contributed by atoms with Gasteiger partial charge in [-0.05, 0) is 93.5 Å². The van der Waals surface area contributed by atoms with Gasteiger partial charge < -0.3 is 14.8 Å². The first-order valence-corrected chi connectivity index (χ1v) is 13.7. The molecule has 2 saturated carbocycles. The zero-order valence-corrected chi connectivity index (χ0v) is 20.5. The maximum Gasteiger partial charge on any atom is 0.0829 e. The highest BCUT2D eigenvalue weighted by Gasteiger charge is 2.48. The lowest BCUT2D eigenvalue weighted by Crippen LogP contribution is -2.47. The van der Waals surface area contributed by atoms with Crippen molar-refractivity contribution in [1.82, 2.24) is 10.3 Å². The van der Waals surface area contributed by atoms with Crippen LogP contribution in [-0.2, 0) is 14.9 Å². The molecule has 4 heteroatoms. The number of pyridine rings is 1. The SMILES string of the molecule is c1ccc([C@]2(CCNC3CC[C@H](OCC4CC4)c4ccccc43)CCOC3(CCCC3)C2)nc1. The Labute approximate surface area is 204 Å². The van der Waals surface area contributed by atoms with Crippen molar-refractivity contribution < 1.29 is 9.47 Å². The summed E-state index contributed by atoms with van der Waals surface area (Å²) in [5.74, 6) is 0.813. The van der Waals surface area contributed by atoms with Crippen molar-refractivity contribution in [3.63, 3.8) is 0 Å². The first-order valence-electron chi connectivity index (χ1n) is 13.7. The molecule has 2 heterocycles. The Balaban J connectivity index is 1.16. The van der Waals surface area contributed by atoms with Gasteiger partial charge in [0, 0.05) is 30.0 Å². The van der Waals surface area contributed by atoms with Crippen molar-refractivity contribution in [3.8, 4) is 0 Å². The Morgan fingerprint density at radius 2 is 1.76 bits per heavy atom. The van der Waals surface area contributed by atoms with Crippen molar-refractivity contribution in [2.45, 2.75) is 93.8 Å². The van der Waals surface area contributed by atoms with Gasteiger partial charge in [0.1, 0.15) is 0 Å². The van der Waals surface area contributed by atoms with E-state index in [0.29, 0.717) is 6.04 Å². The average molecular weight is 461 g/mol. The number of nitrogens with zero attached hydrogens (tertiary/aromatic N) is 1. The molecule has 1 aromatic carbocycles. The smallest absolute Gasteiger partial charge is 0.0829 e. The van der Waals surface area contributed by atoms with Crippen LogP contribution in [0.25, 0.3) is 0 Å². The van der Waals surface area contributed by atoms with Crippen molar-refractivity contribution in [2.75, 3.05) is 19.8 Å². The summed E-state index contributed by atoms with van der Waals surface area (Å²) in [5, 5.41) is 3.97. The highest BCUT2D eigenvalue weighted by molar-refractivity contribution is 5.34. The summed E-state index contributed by atoms with van der Waals surface area (Å²) in [6.45, 7) is 2.82. The van der Waals surface area contributed by atoms with Crippen LogP contribution in [0.1, 0.15) is 99.6 Å². The second-order valence-electron chi connectivity index (χ2n) is 11.4. The molecule has 34 heavy (non-hydrogen) atoms. The van der Waals surface area contributed by atoms with E-state index in [2.05, 4.69) is 41.7 Å². The Morgan fingerprint density at radius 1 is 0.941 bits per heavy atom. The predicted octanol–water partition coefficient (Wildman–Crippen LogP) is 6.43. The fourth-order valence-electron chi connectivity index (χ4n) is 6.95. The fraction of sp³-hybridized carbons (Fsp3) is 0.633. The maximum absolute atomic E-state index is 6.44. The van der Waals surface area contributed by atoms with Crippen LogP contribution in [0.4, 0.5) is 0 Å². The molecule has 2 aromatic rings. The van der Waals surface area contributed by atoms with Crippen LogP contribution in [0.3, 0.4) is 0 Å². The number of benzene rings is 1. The minimum absolute atomic E-state index is 0.0827. The normalized spacial score (nSPS) is 30.4. The van der Waals surface area contributed by atoms with E-state index in [0.717, 1.165) is 57.8 Å². The number of ether oxygens (including phenoxy) is 2. The van der Waals surface area contributed by atoms with Crippen LogP contribution in [-0.4, -0.2) is 30.3 Å². The molecule has 0 radical (unpaired) electrons. The third kappa shape index (κ3) is 4.69. The van der Waals surface area contributed by atoms with Gasteiger partial charge in [-0.1, -0.05) is 43.2 Å². The molecule has 1 unspecified atom stereocenters. The lowest BCUT2D eigenvalue weighted by atomic mass is 9.68. The van der Waals surface area contributed by atoms with E-state index in [4.69, 9.17) is 14.5 Å². The number of nitrogens with one attached hydrogen (secondary N) is 1. The molecule has 0 amide bonds. The quantitative estimate of drug-likeness (QED) is 0.493. The molecular formula is C30H40N2O2. The van der Waals surface area contributed by atoms with E-state index in [9.17, 15) is 0 Å². The predicted molar refractivity (Wildman–Crippen MR) is 135 cm³/mol. The molecule has 6 rings (SSSR count). The van der Waals surface area contributed by atoms with Crippen LogP contribution in [0.5, 0.6) is 0 Å². The number of hydrogen-bond acceptors (Lipinski definition) is 4. The minimum Gasteiger partial charge on any atom is -0.375 e. The molecule has 4 nitrogen and oxygen atoms in total. The highest BCUT2D eigenvalue weighted by Crippen LogP contribution is 2.50. The van der Waals surface area contributed by atoms with Crippen molar-refractivity contribution in [1.29, 1.82) is 0 Å². The highest BCUT2D eigenvalue weighted by atomic mass is 16.5. The molecule has 1 spiro atoms. The molecule has 3 atom stereocenters. The van der Waals surface area contributed by atoms with Crippen molar-refractivity contribution in [3.05, 3.63) is 65.5 Å². The molecular weight excluding hydrogens is 420 g/mol. The maximum atomic E-state index is 6.44. The van der Waals surface area contributed by atoms with E-state index in [1.165, 1.54) is 55.3 Å². The molecule has 3 fully saturated rings. The topological polar surface area (TPSA) is 43.4 Å². The number of aromatic nitrogens is 1. The standard InChI is InChI=1S/C30H40N2O2/c1-2-8-25-24(7-1)26(12-13-27(25)33-21-23-10-11-23)31-19-16-29(28-9-3-6-18-32-28)17-20-34-30(22-29)14-4-5-15-30/h1-3,6-9,18,23,26-27,31H,4-5,10-17,19-22H2/t26?,27-,29+/m0/s1. The van der Waals surface area contributed by atoms with Gasteiger partial charge in [0.25, 0.3) is 0 Å². The third-order valence-corrected chi connectivity index (χ3v) is 9.03. The van der Waals surface area contributed by atoms with Crippen LogP contribution in [0.2, 0.25) is 0 Å². The van der Waals surface area contributed by atoms with E-state index < -0.39 is 0 Å². The van der Waals surface area contributed by atoms with Crippen LogP contribution in [0.15, 0.2) is 48.7 Å². The summed E-state index contributed by atoms with van der Waals surface area (Å²) in [4.78, 5) is 4.88. The molecule has 4 aliphatic rings. The molecule has 1 aromatic heterocycles. The first-order chi connectivity index (χ1) is 16.8. The van der Waals surface area contributed by atoms with Gasteiger partial charge in [-0.25, -0.2) is 0 Å². The summed E-state index contributed by atoms with van der Waals surface area (Å²) in [6.07, 6.45) is 15.6. The Hall–Kier alpha value is -1.75. The zero-order valence-electron chi connectivity index (χ0n) is 20.5. The van der Waals surface area contributed by atoms with Gasteiger partial charge in [0.15, 0.2) is 0 Å². The van der Waals surface area contributed by atoms with E-state index in [-0.39, 0.29) is 17.1 Å². The summed E-state index contributed by atoms with van der Waals surface area (Å²) in [5.41, 5.74) is 4.31.